The number of thioether (sulfide) groups is 1. The number of unbranched alkanes of at least 4 members (excludes halogenated alkanes) is 1. The molecule has 0 aliphatic rings. The van der Waals surface area contributed by atoms with Crippen molar-refractivity contribution in [3.8, 4) is 0 Å². The molecule has 2 unspecified atom stereocenters. The van der Waals surface area contributed by atoms with Crippen LogP contribution in [0.25, 0.3) is 0 Å². The lowest BCUT2D eigenvalue weighted by molar-refractivity contribution is -0.142. The van der Waals surface area contributed by atoms with E-state index in [9.17, 15) is 14.4 Å². The highest BCUT2D eigenvalue weighted by atomic mass is 32.2. The molecule has 1 rings (SSSR count). The van der Waals surface area contributed by atoms with Crippen molar-refractivity contribution in [3.05, 3.63) is 35.9 Å². The first kappa shape index (κ1) is 27.8. The second-order valence-corrected chi connectivity index (χ2v) is 9.55. The average molecular weight is 466 g/mol. The molecule has 1 aromatic rings. The molecule has 2 N–H and O–H groups in total. The Balaban J connectivity index is 3.19. The van der Waals surface area contributed by atoms with Crippen LogP contribution < -0.4 is 10.6 Å². The highest BCUT2D eigenvalue weighted by molar-refractivity contribution is 7.98. The summed E-state index contributed by atoms with van der Waals surface area (Å²) in [4.78, 5) is 40.7. The minimum absolute atomic E-state index is 0.222. The van der Waals surface area contributed by atoms with Crippen molar-refractivity contribution in [3.63, 3.8) is 0 Å². The zero-order chi connectivity index (χ0) is 24.1. The number of ether oxygens (including phenoxy) is 1. The number of nitrogens with zero attached hydrogens (tertiary/aromatic N) is 1. The standard InChI is InChI=1S/C24H39N3O4S/c1-7-9-16-25-21(28)20(18-13-11-10-12-14-18)27(8-2)22(29)19(15-17-32-6)26-23(30)31-24(3,4)5/h10-14,19-20H,7-9,15-17H2,1-6H3,(H,25,28)(H,26,30). The highest BCUT2D eigenvalue weighted by Crippen LogP contribution is 2.23. The van der Waals surface area contributed by atoms with Crippen molar-refractivity contribution in [2.24, 2.45) is 0 Å². The number of nitrogens with one attached hydrogen (secondary N) is 2. The summed E-state index contributed by atoms with van der Waals surface area (Å²) < 4.78 is 5.36. The molecule has 0 radical (unpaired) electrons. The van der Waals surface area contributed by atoms with Crippen LogP contribution in [0.3, 0.4) is 0 Å². The fourth-order valence-electron chi connectivity index (χ4n) is 3.20. The second-order valence-electron chi connectivity index (χ2n) is 8.56. The summed E-state index contributed by atoms with van der Waals surface area (Å²) in [6.07, 6.45) is 3.57. The van der Waals surface area contributed by atoms with Crippen LogP contribution in [0, 0.1) is 0 Å². The van der Waals surface area contributed by atoms with E-state index in [1.54, 1.807) is 37.4 Å². The van der Waals surface area contributed by atoms with E-state index in [1.165, 1.54) is 0 Å². The number of amides is 3. The molecule has 0 fully saturated rings. The van der Waals surface area contributed by atoms with Gasteiger partial charge >= 0.3 is 6.09 Å². The van der Waals surface area contributed by atoms with Gasteiger partial charge in [-0.2, -0.15) is 11.8 Å². The third-order valence-electron chi connectivity index (χ3n) is 4.73. The Hall–Kier alpha value is -2.22. The molecule has 0 aromatic heterocycles. The second kappa shape index (κ2) is 14.0. The van der Waals surface area contributed by atoms with Crippen LogP contribution in [0.4, 0.5) is 4.79 Å². The quantitative estimate of drug-likeness (QED) is 0.453. The number of rotatable bonds is 12. The molecule has 8 heteroatoms. The molecule has 2 atom stereocenters. The summed E-state index contributed by atoms with van der Waals surface area (Å²) in [5.74, 6) is 0.162. The fraction of sp³-hybridized carbons (Fsp3) is 0.625. The maximum absolute atomic E-state index is 13.6. The number of hydrogen-bond acceptors (Lipinski definition) is 5. The summed E-state index contributed by atoms with van der Waals surface area (Å²) in [6.45, 7) is 10.1. The lowest BCUT2D eigenvalue weighted by atomic mass is 10.0. The average Bonchev–Trinajstić information content (AvgIpc) is 2.73. The van der Waals surface area contributed by atoms with Gasteiger partial charge in [0, 0.05) is 13.1 Å². The summed E-state index contributed by atoms with van der Waals surface area (Å²) in [7, 11) is 0. The van der Waals surface area contributed by atoms with Gasteiger partial charge in [-0.15, -0.1) is 0 Å². The number of hydrogen-bond donors (Lipinski definition) is 2. The van der Waals surface area contributed by atoms with Gasteiger partial charge in [0.1, 0.15) is 17.7 Å². The van der Waals surface area contributed by atoms with Crippen LogP contribution in [-0.2, 0) is 14.3 Å². The molecule has 0 saturated carbocycles. The molecule has 32 heavy (non-hydrogen) atoms. The maximum Gasteiger partial charge on any atom is 0.408 e. The lowest BCUT2D eigenvalue weighted by Crippen LogP contribution is -2.53. The summed E-state index contributed by atoms with van der Waals surface area (Å²) >= 11 is 1.59. The van der Waals surface area contributed by atoms with Crippen molar-refractivity contribution in [2.75, 3.05) is 25.1 Å². The van der Waals surface area contributed by atoms with Crippen LogP contribution in [-0.4, -0.2) is 59.5 Å². The smallest absolute Gasteiger partial charge is 0.408 e. The molecule has 0 aliphatic carbocycles. The molecule has 1 aromatic carbocycles. The van der Waals surface area contributed by atoms with Crippen molar-refractivity contribution >= 4 is 29.7 Å². The summed E-state index contributed by atoms with van der Waals surface area (Å²) in [5.41, 5.74) is 0.0606. The minimum atomic E-state index is -0.785. The van der Waals surface area contributed by atoms with Gasteiger partial charge in [-0.1, -0.05) is 43.7 Å². The summed E-state index contributed by atoms with van der Waals surface area (Å²) in [6, 6.07) is 7.71. The largest absolute Gasteiger partial charge is 0.444 e. The van der Waals surface area contributed by atoms with Gasteiger partial charge in [-0.3, -0.25) is 9.59 Å². The van der Waals surface area contributed by atoms with E-state index in [0.717, 1.165) is 18.4 Å². The predicted molar refractivity (Wildman–Crippen MR) is 131 cm³/mol. The summed E-state index contributed by atoms with van der Waals surface area (Å²) in [5, 5.41) is 5.68. The molecular formula is C24H39N3O4S. The topological polar surface area (TPSA) is 87.7 Å². The first-order valence-corrected chi connectivity index (χ1v) is 12.7. The molecule has 7 nitrogen and oxygen atoms in total. The predicted octanol–water partition coefficient (Wildman–Crippen LogP) is 4.14. The van der Waals surface area contributed by atoms with Gasteiger partial charge in [0.05, 0.1) is 0 Å². The number of likely N-dealkylation sites (N-methyl/N-ethyl adjacent to an activating group) is 1. The number of carbonyl (C=O) groups excluding carboxylic acids is 3. The first-order valence-electron chi connectivity index (χ1n) is 11.3. The van der Waals surface area contributed by atoms with E-state index in [2.05, 4.69) is 17.6 Å². The van der Waals surface area contributed by atoms with Gasteiger partial charge in [-0.25, -0.2) is 4.79 Å². The van der Waals surface area contributed by atoms with Gasteiger partial charge < -0.3 is 20.3 Å². The van der Waals surface area contributed by atoms with Crippen molar-refractivity contribution in [1.29, 1.82) is 0 Å². The molecular weight excluding hydrogens is 426 g/mol. The van der Waals surface area contributed by atoms with Crippen molar-refractivity contribution in [2.45, 2.75) is 71.6 Å². The first-order chi connectivity index (χ1) is 15.1. The van der Waals surface area contributed by atoms with E-state index in [4.69, 9.17) is 4.74 Å². The minimum Gasteiger partial charge on any atom is -0.444 e. The van der Waals surface area contributed by atoms with Gasteiger partial charge in [0.15, 0.2) is 0 Å². The molecule has 0 bridgehead atoms. The molecule has 0 aliphatic heterocycles. The lowest BCUT2D eigenvalue weighted by Gasteiger charge is -2.33. The third kappa shape index (κ3) is 9.51. The molecule has 3 amide bonds. The number of alkyl carbamates (subject to hydrolysis) is 1. The maximum atomic E-state index is 13.6. The molecule has 0 spiro atoms. The Kier molecular flexibility index (Phi) is 12.2. The zero-order valence-corrected chi connectivity index (χ0v) is 21.1. The van der Waals surface area contributed by atoms with E-state index in [-0.39, 0.29) is 11.8 Å². The Morgan fingerprint density at radius 1 is 1.12 bits per heavy atom. The Labute approximate surface area is 197 Å². The van der Waals surface area contributed by atoms with Crippen LogP contribution in [0.5, 0.6) is 0 Å². The van der Waals surface area contributed by atoms with Crippen molar-refractivity contribution < 1.29 is 19.1 Å². The third-order valence-corrected chi connectivity index (χ3v) is 5.37. The van der Waals surface area contributed by atoms with Crippen LogP contribution in [0.2, 0.25) is 0 Å². The number of carbonyl (C=O) groups is 3. The van der Waals surface area contributed by atoms with Crippen LogP contribution >= 0.6 is 11.8 Å². The number of benzene rings is 1. The Morgan fingerprint density at radius 3 is 2.31 bits per heavy atom. The normalized spacial score (nSPS) is 13.1. The van der Waals surface area contributed by atoms with E-state index < -0.39 is 23.8 Å². The van der Waals surface area contributed by atoms with Crippen LogP contribution in [0.1, 0.15) is 65.5 Å². The van der Waals surface area contributed by atoms with Crippen molar-refractivity contribution in [1.82, 2.24) is 15.5 Å². The van der Waals surface area contributed by atoms with Gasteiger partial charge in [0.2, 0.25) is 11.8 Å². The van der Waals surface area contributed by atoms with Crippen LogP contribution in [0.15, 0.2) is 30.3 Å². The fourth-order valence-corrected chi connectivity index (χ4v) is 3.67. The Bertz CT molecular complexity index is 722. The SMILES string of the molecule is CCCCNC(=O)C(c1ccccc1)N(CC)C(=O)C(CCSC)NC(=O)OC(C)(C)C. The van der Waals surface area contributed by atoms with E-state index >= 15 is 0 Å². The zero-order valence-electron chi connectivity index (χ0n) is 20.3. The van der Waals surface area contributed by atoms with Gasteiger partial charge in [-0.05, 0) is 58.1 Å². The van der Waals surface area contributed by atoms with E-state index in [1.807, 2.05) is 43.5 Å². The van der Waals surface area contributed by atoms with Gasteiger partial charge in [0.25, 0.3) is 0 Å². The molecule has 0 saturated heterocycles. The Morgan fingerprint density at radius 2 is 1.78 bits per heavy atom. The van der Waals surface area contributed by atoms with E-state index in [0.29, 0.717) is 25.3 Å². The molecule has 0 heterocycles. The highest BCUT2D eigenvalue weighted by Gasteiger charge is 2.35. The monoisotopic (exact) mass is 465 g/mol. The molecule has 180 valence electrons.